The zero-order valence-electron chi connectivity index (χ0n) is 22.6. The zero-order chi connectivity index (χ0) is 25.6. The molecule has 2 aliphatic rings. The normalized spacial score (nSPS) is 25.7. The second kappa shape index (κ2) is 11.7. The van der Waals surface area contributed by atoms with Gasteiger partial charge in [-0.15, -0.1) is 0 Å². The van der Waals surface area contributed by atoms with Gasteiger partial charge in [-0.25, -0.2) is 0 Å². The number of unbranched alkanes of at least 4 members (excludes halogenated alkanes) is 1. The molecule has 4 N–H and O–H groups in total. The van der Waals surface area contributed by atoms with Crippen molar-refractivity contribution in [3.63, 3.8) is 0 Å². The van der Waals surface area contributed by atoms with Gasteiger partial charge in [0, 0.05) is 12.7 Å². The minimum absolute atomic E-state index is 0.453. The maximum Gasteiger partial charge on any atom is 0.0591 e. The second-order valence-corrected chi connectivity index (χ2v) is 12.0. The smallest absolute Gasteiger partial charge is 0.0591 e. The van der Waals surface area contributed by atoms with E-state index in [9.17, 15) is 5.11 Å². The zero-order valence-corrected chi connectivity index (χ0v) is 22.6. The van der Waals surface area contributed by atoms with Crippen LogP contribution in [0, 0.1) is 17.3 Å². The second-order valence-electron chi connectivity index (χ2n) is 12.0. The molecule has 2 aromatic carbocycles. The Labute approximate surface area is 218 Å². The van der Waals surface area contributed by atoms with Gasteiger partial charge < -0.3 is 16.2 Å². The van der Waals surface area contributed by atoms with Gasteiger partial charge in [0.2, 0.25) is 0 Å². The lowest BCUT2D eigenvalue weighted by atomic mass is 9.62. The summed E-state index contributed by atoms with van der Waals surface area (Å²) in [5.74, 6) is 1.56. The third kappa shape index (κ3) is 6.62. The van der Waals surface area contributed by atoms with Crippen LogP contribution in [0.15, 0.2) is 72.4 Å². The molecule has 0 amide bonds. The van der Waals surface area contributed by atoms with Crippen LogP contribution in [0.1, 0.15) is 84.1 Å². The predicted molar refractivity (Wildman–Crippen MR) is 153 cm³/mol. The molecule has 2 aromatic rings. The molecular weight excluding hydrogens is 440 g/mol. The Balaban J connectivity index is 1.29. The minimum atomic E-state index is -0.528. The van der Waals surface area contributed by atoms with Crippen molar-refractivity contribution in [2.75, 3.05) is 6.54 Å². The fourth-order valence-corrected chi connectivity index (χ4v) is 6.74. The van der Waals surface area contributed by atoms with Crippen LogP contribution in [0.2, 0.25) is 0 Å². The van der Waals surface area contributed by atoms with Crippen molar-refractivity contribution < 1.29 is 5.11 Å². The quantitative estimate of drug-likeness (QED) is 0.238. The molecule has 2 aliphatic carbocycles. The van der Waals surface area contributed by atoms with Gasteiger partial charge in [0.15, 0.2) is 0 Å². The first-order valence-electron chi connectivity index (χ1n) is 14.0. The molecule has 4 rings (SSSR count). The SMILES string of the molecule is CC(C)(O)CCCCC1CCC2/C(=C/CN/C=C(\N)c3ccc(-c4ccccc4)cc3)CCCC12C. The van der Waals surface area contributed by atoms with Crippen LogP contribution in [0.25, 0.3) is 16.8 Å². The summed E-state index contributed by atoms with van der Waals surface area (Å²) in [6, 6.07) is 18.9. The van der Waals surface area contributed by atoms with E-state index in [0.29, 0.717) is 5.41 Å². The monoisotopic (exact) mass is 486 g/mol. The molecule has 0 spiro atoms. The van der Waals surface area contributed by atoms with Crippen LogP contribution in [0.3, 0.4) is 0 Å². The van der Waals surface area contributed by atoms with Crippen LogP contribution in [-0.2, 0) is 0 Å². The topological polar surface area (TPSA) is 58.3 Å². The maximum absolute atomic E-state index is 10.0. The summed E-state index contributed by atoms with van der Waals surface area (Å²) in [5, 5.41) is 13.5. The van der Waals surface area contributed by atoms with Crippen molar-refractivity contribution in [1.82, 2.24) is 5.32 Å². The maximum atomic E-state index is 10.0. The third-order valence-electron chi connectivity index (χ3n) is 8.82. The van der Waals surface area contributed by atoms with E-state index in [1.54, 1.807) is 5.57 Å². The Hall–Kier alpha value is -2.52. The van der Waals surface area contributed by atoms with Gasteiger partial charge in [-0.2, -0.15) is 0 Å². The predicted octanol–water partition coefficient (Wildman–Crippen LogP) is 7.67. The first-order chi connectivity index (χ1) is 17.3. The third-order valence-corrected chi connectivity index (χ3v) is 8.82. The summed E-state index contributed by atoms with van der Waals surface area (Å²) in [7, 11) is 0. The number of fused-ring (bicyclic) bond motifs is 1. The molecule has 0 heterocycles. The number of hydrogen-bond acceptors (Lipinski definition) is 3. The van der Waals surface area contributed by atoms with E-state index >= 15 is 0 Å². The number of nitrogens with two attached hydrogens (primary N) is 1. The van der Waals surface area contributed by atoms with Crippen LogP contribution < -0.4 is 11.1 Å². The van der Waals surface area contributed by atoms with Gasteiger partial charge in [0.1, 0.15) is 0 Å². The van der Waals surface area contributed by atoms with Crippen molar-refractivity contribution in [2.45, 2.75) is 84.2 Å². The van der Waals surface area contributed by atoms with Crippen LogP contribution in [-0.4, -0.2) is 17.3 Å². The lowest BCUT2D eigenvalue weighted by Gasteiger charge is -2.42. The van der Waals surface area contributed by atoms with E-state index in [0.717, 1.165) is 42.5 Å². The molecule has 0 aromatic heterocycles. The lowest BCUT2D eigenvalue weighted by molar-refractivity contribution is 0.0659. The Bertz CT molecular complexity index is 1030. The number of rotatable bonds is 10. The van der Waals surface area contributed by atoms with Gasteiger partial charge in [0.05, 0.1) is 11.3 Å². The first kappa shape index (κ1) is 26.5. The van der Waals surface area contributed by atoms with Crippen LogP contribution in [0.4, 0.5) is 0 Å². The molecule has 0 bridgehead atoms. The standard InChI is InChI=1S/C33H46N2O/c1-32(2,36)21-8-7-13-29-18-19-30-27(12-9-22-33(29,30)3)20-23-35-24-31(34)28-16-14-26(15-17-28)25-10-5-4-6-11-25/h4-6,10-11,14-17,20,24,29-30,35-36H,7-9,12-13,18-19,21-23,34H2,1-3H3/b27-20+,31-24-. The van der Waals surface area contributed by atoms with Gasteiger partial charge in [-0.1, -0.05) is 86.0 Å². The summed E-state index contributed by atoms with van der Waals surface area (Å²) in [4.78, 5) is 0. The summed E-state index contributed by atoms with van der Waals surface area (Å²) < 4.78 is 0. The van der Waals surface area contributed by atoms with E-state index in [1.165, 1.54) is 56.1 Å². The fourth-order valence-electron chi connectivity index (χ4n) is 6.74. The van der Waals surface area contributed by atoms with Gasteiger partial charge in [-0.3, -0.25) is 0 Å². The summed E-state index contributed by atoms with van der Waals surface area (Å²) in [6.07, 6.45) is 15.6. The highest BCUT2D eigenvalue weighted by molar-refractivity contribution is 5.68. The summed E-state index contributed by atoms with van der Waals surface area (Å²) in [6.45, 7) is 7.25. The fraction of sp³-hybridized carbons (Fsp3) is 0.515. The molecule has 3 atom stereocenters. The number of hydrogen-bond donors (Lipinski definition) is 3. The first-order valence-corrected chi connectivity index (χ1v) is 14.0. The minimum Gasteiger partial charge on any atom is -0.397 e. The number of aliphatic hydroxyl groups is 1. The molecule has 36 heavy (non-hydrogen) atoms. The molecule has 3 nitrogen and oxygen atoms in total. The average molecular weight is 487 g/mol. The van der Waals surface area contributed by atoms with Crippen LogP contribution in [0.5, 0.6) is 0 Å². The Morgan fingerprint density at radius 1 is 1.06 bits per heavy atom. The van der Waals surface area contributed by atoms with Gasteiger partial charge in [-0.05, 0) is 92.7 Å². The Morgan fingerprint density at radius 3 is 2.50 bits per heavy atom. The molecule has 0 radical (unpaired) electrons. The molecular formula is C33H46N2O. The van der Waals surface area contributed by atoms with Gasteiger partial charge in [0.25, 0.3) is 0 Å². The van der Waals surface area contributed by atoms with E-state index < -0.39 is 5.60 Å². The van der Waals surface area contributed by atoms with Crippen LogP contribution >= 0.6 is 0 Å². The number of nitrogens with one attached hydrogen (secondary N) is 1. The average Bonchev–Trinajstić information content (AvgIpc) is 3.21. The molecule has 194 valence electrons. The Kier molecular flexibility index (Phi) is 8.62. The highest BCUT2D eigenvalue weighted by Crippen LogP contribution is 2.58. The van der Waals surface area contributed by atoms with Crippen molar-refractivity contribution in [1.29, 1.82) is 0 Å². The molecule has 0 saturated heterocycles. The molecule has 2 saturated carbocycles. The van der Waals surface area contributed by atoms with E-state index in [-0.39, 0.29) is 0 Å². The highest BCUT2D eigenvalue weighted by atomic mass is 16.3. The van der Waals surface area contributed by atoms with E-state index in [4.69, 9.17) is 5.73 Å². The summed E-state index contributed by atoms with van der Waals surface area (Å²) >= 11 is 0. The number of allylic oxidation sites excluding steroid dienone is 1. The van der Waals surface area contributed by atoms with Gasteiger partial charge >= 0.3 is 0 Å². The lowest BCUT2D eigenvalue weighted by Crippen LogP contribution is -2.33. The van der Waals surface area contributed by atoms with E-state index in [2.05, 4.69) is 66.8 Å². The molecule has 2 fully saturated rings. The van der Waals surface area contributed by atoms with Crippen molar-refractivity contribution in [3.05, 3.63) is 78.0 Å². The Morgan fingerprint density at radius 2 is 1.78 bits per heavy atom. The molecule has 3 unspecified atom stereocenters. The molecule has 0 aliphatic heterocycles. The van der Waals surface area contributed by atoms with Crippen molar-refractivity contribution in [3.8, 4) is 11.1 Å². The summed E-state index contributed by atoms with van der Waals surface area (Å²) in [5.41, 5.74) is 12.2. The highest BCUT2D eigenvalue weighted by Gasteiger charge is 2.48. The largest absolute Gasteiger partial charge is 0.397 e. The molecule has 3 heteroatoms. The van der Waals surface area contributed by atoms with Crippen molar-refractivity contribution in [2.24, 2.45) is 23.0 Å². The van der Waals surface area contributed by atoms with E-state index in [1.807, 2.05) is 26.1 Å². The van der Waals surface area contributed by atoms with Crippen molar-refractivity contribution >= 4 is 5.70 Å². The number of benzene rings is 2.